The van der Waals surface area contributed by atoms with Gasteiger partial charge in [0.2, 0.25) is 5.78 Å². The van der Waals surface area contributed by atoms with Gasteiger partial charge < -0.3 is 20.5 Å². The highest BCUT2D eigenvalue weighted by atomic mass is 79.9. The van der Waals surface area contributed by atoms with E-state index in [0.717, 1.165) is 13.6 Å². The zero-order chi connectivity index (χ0) is 25.7. The van der Waals surface area contributed by atoms with Crippen molar-refractivity contribution in [2.45, 2.75) is 0 Å². The molecule has 3 N–H and O–H groups in total. The molecule has 3 aromatic rings. The Hall–Kier alpha value is -4.19. The van der Waals surface area contributed by atoms with Crippen molar-refractivity contribution >= 4 is 45.1 Å². The molecule has 0 bridgehead atoms. The number of Topliss-reactive ketones (excluding diaryl/α,β-unsaturated/α-hetero) is 1. The lowest BCUT2D eigenvalue weighted by Crippen LogP contribution is -2.42. The number of esters is 1. The Morgan fingerprint density at radius 3 is 2.31 bits per heavy atom. The highest BCUT2D eigenvalue weighted by Crippen LogP contribution is 2.20. The van der Waals surface area contributed by atoms with Crippen LogP contribution in [-0.4, -0.2) is 40.0 Å². The molecular formula is C23H21BrN4O7. The first kappa shape index (κ1) is 25.4. The molecule has 0 aliphatic rings. The summed E-state index contributed by atoms with van der Waals surface area (Å²) in [7, 11) is 2.51. The van der Waals surface area contributed by atoms with Crippen LogP contribution in [0, 0.1) is 0 Å². The second-order valence-corrected chi connectivity index (χ2v) is 8.22. The van der Waals surface area contributed by atoms with Gasteiger partial charge in [-0.1, -0.05) is 28.1 Å². The molecule has 12 heteroatoms. The van der Waals surface area contributed by atoms with Gasteiger partial charge in [-0.25, -0.2) is 9.59 Å². The molecule has 0 spiro atoms. The predicted molar refractivity (Wildman–Crippen MR) is 131 cm³/mol. The summed E-state index contributed by atoms with van der Waals surface area (Å²) in [6, 6.07) is 12.9. The summed E-state index contributed by atoms with van der Waals surface area (Å²) in [5.41, 5.74) is 4.24. The maximum Gasteiger partial charge on any atom is 0.342 e. The van der Waals surface area contributed by atoms with Crippen molar-refractivity contribution < 1.29 is 23.9 Å². The minimum Gasteiger partial charge on any atom is -0.483 e. The van der Waals surface area contributed by atoms with Crippen molar-refractivity contribution in [3.63, 3.8) is 0 Å². The molecule has 11 nitrogen and oxygen atoms in total. The lowest BCUT2D eigenvalue weighted by molar-refractivity contribution is -0.118. The molecule has 3 rings (SSSR count). The molecular weight excluding hydrogens is 524 g/mol. The molecule has 0 aliphatic heterocycles. The summed E-state index contributed by atoms with van der Waals surface area (Å²) >= 11 is 3.31. The van der Waals surface area contributed by atoms with E-state index in [1.54, 1.807) is 36.4 Å². The van der Waals surface area contributed by atoms with Gasteiger partial charge in [0.15, 0.2) is 13.2 Å². The number of nitrogens with one attached hydrogen (secondary N) is 1. The van der Waals surface area contributed by atoms with Crippen LogP contribution in [0.4, 0.5) is 11.5 Å². The van der Waals surface area contributed by atoms with Crippen molar-refractivity contribution in [2.75, 3.05) is 24.3 Å². The van der Waals surface area contributed by atoms with Crippen LogP contribution >= 0.6 is 15.9 Å². The molecule has 0 aliphatic carbocycles. The quantitative estimate of drug-likeness (QED) is 0.319. The van der Waals surface area contributed by atoms with Crippen molar-refractivity contribution in [1.29, 1.82) is 0 Å². The molecule has 0 unspecified atom stereocenters. The lowest BCUT2D eigenvalue weighted by Gasteiger charge is -2.12. The number of rotatable bonds is 8. The van der Waals surface area contributed by atoms with Crippen molar-refractivity contribution in [2.24, 2.45) is 14.1 Å². The Morgan fingerprint density at radius 1 is 0.971 bits per heavy atom. The number of ether oxygens (including phenoxy) is 2. The number of nitrogen functional groups attached to an aromatic ring is 1. The van der Waals surface area contributed by atoms with E-state index < -0.39 is 41.1 Å². The summed E-state index contributed by atoms with van der Waals surface area (Å²) < 4.78 is 13.1. The van der Waals surface area contributed by atoms with E-state index in [2.05, 4.69) is 21.2 Å². The number of halogens is 1. The van der Waals surface area contributed by atoms with Crippen molar-refractivity contribution in [3.8, 4) is 5.75 Å². The van der Waals surface area contributed by atoms with Gasteiger partial charge in [0.05, 0.1) is 0 Å². The first-order chi connectivity index (χ1) is 16.6. The van der Waals surface area contributed by atoms with Gasteiger partial charge in [0.25, 0.3) is 11.5 Å². The smallest absolute Gasteiger partial charge is 0.342 e. The van der Waals surface area contributed by atoms with Crippen LogP contribution in [0.15, 0.2) is 62.6 Å². The number of hydrogen-bond donors (Lipinski definition) is 2. The molecule has 2 aromatic carbocycles. The third-order valence-electron chi connectivity index (χ3n) is 4.92. The molecule has 1 aromatic heterocycles. The average molecular weight is 545 g/mol. The van der Waals surface area contributed by atoms with Gasteiger partial charge in [0, 0.05) is 24.3 Å². The molecule has 1 heterocycles. The molecule has 35 heavy (non-hydrogen) atoms. The van der Waals surface area contributed by atoms with Crippen LogP contribution in [0.2, 0.25) is 0 Å². The minimum atomic E-state index is -0.914. The number of carbonyl (C=O) groups is 3. The number of para-hydroxylation sites is 1. The van der Waals surface area contributed by atoms with Crippen LogP contribution in [0.5, 0.6) is 5.75 Å². The monoisotopic (exact) mass is 544 g/mol. The average Bonchev–Trinajstić information content (AvgIpc) is 2.85. The van der Waals surface area contributed by atoms with Crippen LogP contribution in [0.25, 0.3) is 0 Å². The number of amides is 1. The Bertz CT molecular complexity index is 1410. The molecule has 0 saturated carbocycles. The Labute approximate surface area is 207 Å². The van der Waals surface area contributed by atoms with Gasteiger partial charge in [-0.05, 0) is 36.4 Å². The third kappa shape index (κ3) is 5.84. The predicted octanol–water partition coefficient (Wildman–Crippen LogP) is 1.49. The molecule has 0 saturated heterocycles. The largest absolute Gasteiger partial charge is 0.483 e. The van der Waals surface area contributed by atoms with Crippen LogP contribution < -0.4 is 27.0 Å². The fraction of sp³-hybridized carbons (Fsp3) is 0.174. The third-order valence-corrected chi connectivity index (χ3v) is 5.45. The van der Waals surface area contributed by atoms with E-state index in [1.807, 2.05) is 0 Å². The number of carbonyl (C=O) groups excluding carboxylic acids is 3. The summed E-state index contributed by atoms with van der Waals surface area (Å²) in [5, 5.41) is 2.66. The van der Waals surface area contributed by atoms with E-state index in [0.29, 0.717) is 5.69 Å². The Kier molecular flexibility index (Phi) is 7.87. The minimum absolute atomic E-state index is 0.0296. The van der Waals surface area contributed by atoms with Gasteiger partial charge in [0.1, 0.15) is 22.7 Å². The first-order valence-corrected chi connectivity index (χ1v) is 10.9. The van der Waals surface area contributed by atoms with Crippen LogP contribution in [0.3, 0.4) is 0 Å². The number of aromatic nitrogens is 2. The maximum absolute atomic E-state index is 12.6. The summed E-state index contributed by atoms with van der Waals surface area (Å²) in [6.07, 6.45) is 0. The van der Waals surface area contributed by atoms with E-state index >= 15 is 0 Å². The molecule has 0 atom stereocenters. The van der Waals surface area contributed by atoms with Gasteiger partial charge >= 0.3 is 11.7 Å². The summed E-state index contributed by atoms with van der Waals surface area (Å²) in [5.74, 6) is -2.51. The second kappa shape index (κ2) is 10.8. The van der Waals surface area contributed by atoms with E-state index in [4.69, 9.17) is 15.2 Å². The number of anilines is 2. The zero-order valence-corrected chi connectivity index (χ0v) is 20.3. The van der Waals surface area contributed by atoms with Gasteiger partial charge in [-0.15, -0.1) is 0 Å². The van der Waals surface area contributed by atoms with Crippen LogP contribution in [0.1, 0.15) is 20.7 Å². The van der Waals surface area contributed by atoms with Gasteiger partial charge in [-0.2, -0.15) is 0 Å². The molecule has 1 amide bonds. The number of nitrogens with two attached hydrogens (primary N) is 1. The standard InChI is InChI=1S/C23H21BrN4O7/c1-27-20(25)19(21(31)28(2)23(27)33)16(29)11-35-22(32)15-5-3-4-6-17(15)34-12-18(30)26-14-9-7-13(24)8-10-14/h3-10H,11-12,25H2,1-2H3,(H,26,30). The Morgan fingerprint density at radius 2 is 1.63 bits per heavy atom. The number of benzene rings is 2. The number of ketones is 1. The fourth-order valence-corrected chi connectivity index (χ4v) is 3.30. The zero-order valence-electron chi connectivity index (χ0n) is 18.7. The van der Waals surface area contributed by atoms with Crippen molar-refractivity contribution in [3.05, 3.63) is 85.0 Å². The van der Waals surface area contributed by atoms with E-state index in [9.17, 15) is 24.0 Å². The maximum atomic E-state index is 12.6. The summed E-state index contributed by atoms with van der Waals surface area (Å²) in [4.78, 5) is 61.6. The molecule has 0 fully saturated rings. The number of nitrogens with zero attached hydrogens (tertiary/aromatic N) is 2. The van der Waals surface area contributed by atoms with Crippen LogP contribution in [-0.2, 0) is 23.6 Å². The fourth-order valence-electron chi connectivity index (χ4n) is 3.04. The first-order valence-electron chi connectivity index (χ1n) is 10.1. The molecule has 0 radical (unpaired) electrons. The highest BCUT2D eigenvalue weighted by Gasteiger charge is 2.23. The van der Waals surface area contributed by atoms with Gasteiger partial charge in [-0.3, -0.25) is 23.5 Å². The highest BCUT2D eigenvalue weighted by molar-refractivity contribution is 9.10. The van der Waals surface area contributed by atoms with Crippen molar-refractivity contribution in [1.82, 2.24) is 9.13 Å². The second-order valence-electron chi connectivity index (χ2n) is 7.31. The normalized spacial score (nSPS) is 10.5. The lowest BCUT2D eigenvalue weighted by atomic mass is 10.2. The number of hydrogen-bond acceptors (Lipinski definition) is 8. The molecule has 182 valence electrons. The summed E-state index contributed by atoms with van der Waals surface area (Å²) in [6.45, 7) is -1.18. The Balaban J connectivity index is 1.66. The SMILES string of the molecule is Cn1c(N)c(C(=O)COC(=O)c2ccccc2OCC(=O)Nc2ccc(Br)cc2)c(=O)n(C)c1=O. The van der Waals surface area contributed by atoms with E-state index in [1.165, 1.54) is 26.2 Å². The van der Waals surface area contributed by atoms with E-state index in [-0.39, 0.29) is 23.7 Å². The topological polar surface area (TPSA) is 152 Å².